The van der Waals surface area contributed by atoms with Crippen molar-refractivity contribution in [1.82, 2.24) is 9.21 Å². The van der Waals surface area contributed by atoms with Crippen LogP contribution in [0, 0.1) is 12.3 Å². The molecule has 1 amide bonds. The van der Waals surface area contributed by atoms with Gasteiger partial charge < -0.3 is 14.4 Å². The van der Waals surface area contributed by atoms with Gasteiger partial charge in [-0.05, 0) is 67.8 Å². The fourth-order valence-corrected chi connectivity index (χ4v) is 6.20. The monoisotopic (exact) mass is 540 g/mol. The first-order valence-electron chi connectivity index (χ1n) is 11.7. The molecule has 0 aromatic heterocycles. The molecule has 0 aliphatic carbocycles. The SMILES string of the molecule is Cc1cc(OCC2(CC(=O)N3CCOCC3)CCN(S(=O)(=O)c3ccc(Cl)cc3)CC2)ccc1Cl. The van der Waals surface area contributed by atoms with E-state index in [2.05, 4.69) is 0 Å². The van der Waals surface area contributed by atoms with Crippen LogP contribution in [-0.2, 0) is 19.6 Å². The quantitative estimate of drug-likeness (QED) is 0.520. The lowest BCUT2D eigenvalue weighted by atomic mass is 9.76. The largest absolute Gasteiger partial charge is 0.493 e. The second kappa shape index (κ2) is 11.0. The summed E-state index contributed by atoms with van der Waals surface area (Å²) in [7, 11) is -3.65. The van der Waals surface area contributed by atoms with Crippen LogP contribution in [0.15, 0.2) is 47.4 Å². The van der Waals surface area contributed by atoms with E-state index < -0.39 is 15.4 Å². The fraction of sp³-hybridized carbons (Fsp3) is 0.480. The second-order valence-electron chi connectivity index (χ2n) is 9.23. The molecule has 7 nitrogen and oxygen atoms in total. The van der Waals surface area contributed by atoms with E-state index in [0.29, 0.717) is 81.1 Å². The lowest BCUT2D eigenvalue weighted by Crippen LogP contribution is -2.49. The van der Waals surface area contributed by atoms with Gasteiger partial charge in [0.1, 0.15) is 5.75 Å². The molecule has 2 aliphatic rings. The van der Waals surface area contributed by atoms with Gasteiger partial charge in [0.15, 0.2) is 0 Å². The highest BCUT2D eigenvalue weighted by atomic mass is 35.5. The van der Waals surface area contributed by atoms with E-state index in [9.17, 15) is 13.2 Å². The molecule has 10 heteroatoms. The Morgan fingerprint density at radius 2 is 1.69 bits per heavy atom. The van der Waals surface area contributed by atoms with Crippen molar-refractivity contribution in [3.8, 4) is 5.75 Å². The van der Waals surface area contributed by atoms with Crippen LogP contribution in [0.2, 0.25) is 10.0 Å². The molecule has 0 spiro atoms. The molecule has 2 heterocycles. The number of ether oxygens (including phenoxy) is 2. The van der Waals surface area contributed by atoms with Gasteiger partial charge in [0, 0.05) is 48.1 Å². The molecule has 0 N–H and O–H groups in total. The number of benzene rings is 2. The summed E-state index contributed by atoms with van der Waals surface area (Å²) in [4.78, 5) is 15.2. The van der Waals surface area contributed by atoms with Crippen LogP contribution < -0.4 is 4.74 Å². The van der Waals surface area contributed by atoms with Crippen LogP contribution >= 0.6 is 23.2 Å². The Morgan fingerprint density at radius 3 is 2.31 bits per heavy atom. The van der Waals surface area contributed by atoms with Crippen molar-refractivity contribution < 1.29 is 22.7 Å². The van der Waals surface area contributed by atoms with Crippen LogP contribution in [0.3, 0.4) is 0 Å². The number of sulfonamides is 1. The number of nitrogens with zero attached hydrogens (tertiary/aromatic N) is 2. The van der Waals surface area contributed by atoms with Gasteiger partial charge in [0.2, 0.25) is 15.9 Å². The molecule has 0 saturated carbocycles. The van der Waals surface area contributed by atoms with Crippen LogP contribution in [0.4, 0.5) is 0 Å². The molecule has 2 saturated heterocycles. The van der Waals surface area contributed by atoms with E-state index in [0.717, 1.165) is 5.56 Å². The maximum Gasteiger partial charge on any atom is 0.243 e. The van der Waals surface area contributed by atoms with Gasteiger partial charge in [-0.1, -0.05) is 23.2 Å². The van der Waals surface area contributed by atoms with E-state index >= 15 is 0 Å². The summed E-state index contributed by atoms with van der Waals surface area (Å²) in [5.74, 6) is 0.736. The first kappa shape index (κ1) is 26.2. The molecular formula is C25H30Cl2N2O5S. The number of halogens is 2. The highest BCUT2D eigenvalue weighted by Crippen LogP contribution is 2.38. The number of aryl methyl sites for hydroxylation is 1. The zero-order chi connectivity index (χ0) is 25.1. The lowest BCUT2D eigenvalue weighted by Gasteiger charge is -2.41. The second-order valence-corrected chi connectivity index (χ2v) is 12.0. The van der Waals surface area contributed by atoms with Crippen molar-refractivity contribution >= 4 is 39.1 Å². The molecule has 190 valence electrons. The number of carbonyl (C=O) groups excluding carboxylic acids is 1. The summed E-state index contributed by atoms with van der Waals surface area (Å²) in [5.41, 5.74) is 0.432. The smallest absolute Gasteiger partial charge is 0.243 e. The Hall–Kier alpha value is -1.84. The van der Waals surface area contributed by atoms with E-state index in [1.807, 2.05) is 24.0 Å². The summed E-state index contributed by atoms with van der Waals surface area (Å²) in [5, 5.41) is 1.15. The Kier molecular flexibility index (Phi) is 8.28. The minimum absolute atomic E-state index is 0.0539. The zero-order valence-electron chi connectivity index (χ0n) is 19.7. The van der Waals surface area contributed by atoms with Crippen LogP contribution in [0.5, 0.6) is 5.75 Å². The summed E-state index contributed by atoms with van der Waals surface area (Å²) in [6, 6.07) is 11.7. The van der Waals surface area contributed by atoms with Gasteiger partial charge >= 0.3 is 0 Å². The first-order chi connectivity index (χ1) is 16.7. The minimum atomic E-state index is -3.65. The Balaban J connectivity index is 1.49. The molecule has 4 rings (SSSR count). The average Bonchev–Trinajstić information content (AvgIpc) is 2.86. The number of carbonyl (C=O) groups is 1. The predicted molar refractivity (Wildman–Crippen MR) is 136 cm³/mol. The van der Waals surface area contributed by atoms with E-state index in [1.54, 1.807) is 18.2 Å². The number of amides is 1. The Morgan fingerprint density at radius 1 is 1.03 bits per heavy atom. The topological polar surface area (TPSA) is 76.2 Å². The third-order valence-corrected chi connectivity index (χ3v) is 9.39. The highest BCUT2D eigenvalue weighted by Gasteiger charge is 2.41. The summed E-state index contributed by atoms with van der Waals surface area (Å²) < 4.78 is 39.4. The molecule has 2 fully saturated rings. The standard InChI is InChI=1S/C25H30Cl2N2O5S/c1-19-16-21(4-7-23(19)27)34-18-25(17-24(30)28-12-14-33-15-13-28)8-10-29(11-9-25)35(31,32)22-5-2-20(26)3-6-22/h2-7,16H,8-15,17-18H2,1H3. The predicted octanol–water partition coefficient (Wildman–Crippen LogP) is 4.40. The van der Waals surface area contributed by atoms with Crippen molar-refractivity contribution in [2.24, 2.45) is 5.41 Å². The number of hydrogen-bond donors (Lipinski definition) is 0. The highest BCUT2D eigenvalue weighted by molar-refractivity contribution is 7.89. The van der Waals surface area contributed by atoms with Gasteiger partial charge in [-0.3, -0.25) is 4.79 Å². The number of hydrogen-bond acceptors (Lipinski definition) is 5. The van der Waals surface area contributed by atoms with Crippen molar-refractivity contribution in [1.29, 1.82) is 0 Å². The molecule has 0 atom stereocenters. The lowest BCUT2D eigenvalue weighted by molar-refractivity contribution is -0.139. The summed E-state index contributed by atoms with van der Waals surface area (Å²) >= 11 is 12.1. The third-order valence-electron chi connectivity index (χ3n) is 6.80. The van der Waals surface area contributed by atoms with Crippen molar-refractivity contribution in [3.05, 3.63) is 58.1 Å². The number of piperidine rings is 1. The van der Waals surface area contributed by atoms with Gasteiger partial charge in [0.25, 0.3) is 0 Å². The molecule has 2 aromatic carbocycles. The van der Waals surface area contributed by atoms with Gasteiger partial charge in [-0.2, -0.15) is 4.31 Å². The molecule has 35 heavy (non-hydrogen) atoms. The normalized spacial score (nSPS) is 18.9. The molecule has 2 aromatic rings. The van der Waals surface area contributed by atoms with Gasteiger partial charge in [-0.25, -0.2) is 8.42 Å². The van der Waals surface area contributed by atoms with E-state index in [1.165, 1.54) is 16.4 Å². The molecule has 0 unspecified atom stereocenters. The molecule has 0 radical (unpaired) electrons. The van der Waals surface area contributed by atoms with Gasteiger partial charge in [0.05, 0.1) is 24.7 Å². The van der Waals surface area contributed by atoms with Crippen molar-refractivity contribution in [2.45, 2.75) is 31.1 Å². The number of morpholine rings is 1. The molecular weight excluding hydrogens is 511 g/mol. The van der Waals surface area contributed by atoms with Crippen molar-refractivity contribution in [3.63, 3.8) is 0 Å². The summed E-state index contributed by atoms with van der Waals surface area (Å²) in [6.07, 6.45) is 1.33. The first-order valence-corrected chi connectivity index (χ1v) is 13.9. The number of rotatable bonds is 7. The molecule has 2 aliphatic heterocycles. The zero-order valence-corrected chi connectivity index (χ0v) is 22.0. The summed E-state index contributed by atoms with van der Waals surface area (Å²) in [6.45, 7) is 5.06. The third kappa shape index (κ3) is 6.30. The maximum atomic E-state index is 13.2. The minimum Gasteiger partial charge on any atom is -0.493 e. The van der Waals surface area contributed by atoms with Crippen LogP contribution in [0.25, 0.3) is 0 Å². The maximum absolute atomic E-state index is 13.2. The Bertz CT molecular complexity index is 1140. The Labute approximate surface area is 216 Å². The molecule has 0 bridgehead atoms. The van der Waals surface area contributed by atoms with Crippen LogP contribution in [-0.4, -0.2) is 69.5 Å². The van der Waals surface area contributed by atoms with E-state index in [4.69, 9.17) is 32.7 Å². The van der Waals surface area contributed by atoms with Crippen molar-refractivity contribution in [2.75, 3.05) is 46.0 Å². The fourth-order valence-electron chi connectivity index (χ4n) is 4.52. The van der Waals surface area contributed by atoms with E-state index in [-0.39, 0.29) is 10.8 Å². The van der Waals surface area contributed by atoms with Crippen LogP contribution in [0.1, 0.15) is 24.8 Å². The van der Waals surface area contributed by atoms with Gasteiger partial charge in [-0.15, -0.1) is 0 Å². The average molecular weight is 541 g/mol.